The van der Waals surface area contributed by atoms with Crippen LogP contribution in [0.1, 0.15) is 27.2 Å². The standard InChI is InChI=1S/C13H19ClFNO/c1-4-9(2)16-8-10(3)17-11-5-6-12(14)13(15)7-11/h5-7,9-10,16H,4,8H2,1-3H3. The lowest BCUT2D eigenvalue weighted by molar-refractivity contribution is 0.211. The Hall–Kier alpha value is -0.800. The first-order chi connectivity index (χ1) is 8.02. The Morgan fingerprint density at radius 1 is 1.41 bits per heavy atom. The van der Waals surface area contributed by atoms with Crippen LogP contribution in [-0.2, 0) is 0 Å². The second kappa shape index (κ2) is 6.82. The maximum atomic E-state index is 13.2. The summed E-state index contributed by atoms with van der Waals surface area (Å²) in [5, 5.41) is 3.45. The summed E-state index contributed by atoms with van der Waals surface area (Å²) in [6.45, 7) is 6.92. The van der Waals surface area contributed by atoms with Crippen molar-refractivity contribution in [3.8, 4) is 5.75 Å². The van der Waals surface area contributed by atoms with E-state index in [1.807, 2.05) is 6.92 Å². The first-order valence-electron chi connectivity index (χ1n) is 5.88. The van der Waals surface area contributed by atoms with Gasteiger partial charge in [0.1, 0.15) is 17.7 Å². The molecule has 0 amide bonds. The van der Waals surface area contributed by atoms with Crippen molar-refractivity contribution in [2.45, 2.75) is 39.3 Å². The first-order valence-corrected chi connectivity index (χ1v) is 6.25. The molecular weight excluding hydrogens is 241 g/mol. The number of hydrogen-bond donors (Lipinski definition) is 1. The van der Waals surface area contributed by atoms with Gasteiger partial charge in [-0.25, -0.2) is 4.39 Å². The average molecular weight is 260 g/mol. The van der Waals surface area contributed by atoms with Gasteiger partial charge in [-0.15, -0.1) is 0 Å². The fourth-order valence-corrected chi connectivity index (χ4v) is 1.45. The molecule has 0 aliphatic carbocycles. The zero-order chi connectivity index (χ0) is 12.8. The first kappa shape index (κ1) is 14.3. The van der Waals surface area contributed by atoms with E-state index in [1.165, 1.54) is 12.1 Å². The molecule has 1 aromatic rings. The molecule has 0 fully saturated rings. The molecule has 0 aliphatic heterocycles. The second-order valence-electron chi connectivity index (χ2n) is 4.22. The molecule has 17 heavy (non-hydrogen) atoms. The molecule has 0 radical (unpaired) electrons. The van der Waals surface area contributed by atoms with Crippen molar-refractivity contribution >= 4 is 11.6 Å². The molecule has 2 atom stereocenters. The van der Waals surface area contributed by atoms with Crippen LogP contribution in [0.3, 0.4) is 0 Å². The van der Waals surface area contributed by atoms with Gasteiger partial charge in [-0.3, -0.25) is 0 Å². The molecule has 0 bridgehead atoms. The third kappa shape index (κ3) is 4.92. The zero-order valence-electron chi connectivity index (χ0n) is 10.5. The zero-order valence-corrected chi connectivity index (χ0v) is 11.2. The fourth-order valence-electron chi connectivity index (χ4n) is 1.34. The van der Waals surface area contributed by atoms with E-state index in [9.17, 15) is 4.39 Å². The van der Waals surface area contributed by atoms with Crippen molar-refractivity contribution in [3.05, 3.63) is 29.0 Å². The predicted molar refractivity (Wildman–Crippen MR) is 69.3 cm³/mol. The van der Waals surface area contributed by atoms with Crippen molar-refractivity contribution in [2.75, 3.05) is 6.54 Å². The summed E-state index contributed by atoms with van der Waals surface area (Å²) in [6.07, 6.45) is 1.06. The molecule has 1 rings (SSSR count). The van der Waals surface area contributed by atoms with E-state index in [-0.39, 0.29) is 11.1 Å². The van der Waals surface area contributed by atoms with E-state index >= 15 is 0 Å². The Morgan fingerprint density at radius 2 is 2.12 bits per heavy atom. The van der Waals surface area contributed by atoms with E-state index < -0.39 is 5.82 Å². The Bertz CT molecular complexity index is 359. The van der Waals surface area contributed by atoms with Crippen LogP contribution >= 0.6 is 11.6 Å². The largest absolute Gasteiger partial charge is 0.489 e. The molecule has 1 aromatic carbocycles. The summed E-state index contributed by atoms with van der Waals surface area (Å²) in [6, 6.07) is 4.94. The number of rotatable bonds is 6. The van der Waals surface area contributed by atoms with Gasteiger partial charge in [-0.2, -0.15) is 0 Å². The van der Waals surface area contributed by atoms with Gasteiger partial charge >= 0.3 is 0 Å². The van der Waals surface area contributed by atoms with Gasteiger partial charge in [-0.1, -0.05) is 18.5 Å². The Morgan fingerprint density at radius 3 is 2.71 bits per heavy atom. The summed E-state index contributed by atoms with van der Waals surface area (Å²) in [5.74, 6) is 0.0524. The number of nitrogens with one attached hydrogen (secondary N) is 1. The van der Waals surface area contributed by atoms with Crippen molar-refractivity contribution in [3.63, 3.8) is 0 Å². The molecule has 4 heteroatoms. The van der Waals surface area contributed by atoms with Gasteiger partial charge in [0.15, 0.2) is 0 Å². The van der Waals surface area contributed by atoms with Crippen LogP contribution in [0.2, 0.25) is 5.02 Å². The maximum Gasteiger partial charge on any atom is 0.145 e. The molecule has 0 spiro atoms. The monoisotopic (exact) mass is 259 g/mol. The van der Waals surface area contributed by atoms with Crippen molar-refractivity contribution in [1.29, 1.82) is 0 Å². The average Bonchev–Trinajstić information content (AvgIpc) is 2.31. The summed E-state index contributed by atoms with van der Waals surface area (Å²) >= 11 is 5.60. The fraction of sp³-hybridized carbons (Fsp3) is 0.538. The smallest absolute Gasteiger partial charge is 0.145 e. The van der Waals surface area contributed by atoms with Gasteiger partial charge in [0.2, 0.25) is 0 Å². The normalized spacial score (nSPS) is 14.4. The topological polar surface area (TPSA) is 21.3 Å². The van der Waals surface area contributed by atoms with Crippen molar-refractivity contribution in [1.82, 2.24) is 5.32 Å². The summed E-state index contributed by atoms with van der Waals surface area (Å²) in [4.78, 5) is 0. The van der Waals surface area contributed by atoms with Gasteiger partial charge in [0.05, 0.1) is 5.02 Å². The Labute approximate surface area is 107 Å². The third-order valence-electron chi connectivity index (χ3n) is 2.59. The molecule has 0 heterocycles. The van der Waals surface area contributed by atoms with Gasteiger partial charge < -0.3 is 10.1 Å². The second-order valence-corrected chi connectivity index (χ2v) is 4.63. The number of hydrogen-bond acceptors (Lipinski definition) is 2. The van der Waals surface area contributed by atoms with Crippen LogP contribution in [0.5, 0.6) is 5.75 Å². The van der Waals surface area contributed by atoms with Crippen LogP contribution in [0.4, 0.5) is 4.39 Å². The molecule has 0 aromatic heterocycles. The number of ether oxygens (including phenoxy) is 1. The van der Waals surface area contributed by atoms with E-state index in [4.69, 9.17) is 16.3 Å². The molecule has 2 nitrogen and oxygen atoms in total. The van der Waals surface area contributed by atoms with Gasteiger partial charge in [0.25, 0.3) is 0 Å². The van der Waals surface area contributed by atoms with Crippen molar-refractivity contribution < 1.29 is 9.13 Å². The molecular formula is C13H19ClFNO. The Balaban J connectivity index is 2.44. The minimum Gasteiger partial charge on any atom is -0.489 e. The molecule has 0 aliphatic rings. The number of halogens is 2. The lowest BCUT2D eigenvalue weighted by Gasteiger charge is -2.18. The highest BCUT2D eigenvalue weighted by Gasteiger charge is 2.07. The van der Waals surface area contributed by atoms with E-state index in [0.717, 1.165) is 13.0 Å². The van der Waals surface area contributed by atoms with Crippen LogP contribution in [-0.4, -0.2) is 18.7 Å². The highest BCUT2D eigenvalue weighted by atomic mass is 35.5. The number of benzene rings is 1. The van der Waals surface area contributed by atoms with E-state index in [0.29, 0.717) is 11.8 Å². The minimum atomic E-state index is -0.453. The third-order valence-corrected chi connectivity index (χ3v) is 2.90. The Kier molecular flexibility index (Phi) is 5.72. The summed E-state index contributed by atoms with van der Waals surface area (Å²) in [5.41, 5.74) is 0. The molecule has 1 N–H and O–H groups in total. The minimum absolute atomic E-state index is 0.00965. The van der Waals surface area contributed by atoms with E-state index in [2.05, 4.69) is 19.2 Å². The summed E-state index contributed by atoms with van der Waals surface area (Å²) in [7, 11) is 0. The van der Waals surface area contributed by atoms with Gasteiger partial charge in [0, 0.05) is 18.7 Å². The van der Waals surface area contributed by atoms with Crippen LogP contribution in [0.25, 0.3) is 0 Å². The summed E-state index contributed by atoms with van der Waals surface area (Å²) < 4.78 is 18.8. The lowest BCUT2D eigenvalue weighted by atomic mass is 10.2. The quantitative estimate of drug-likeness (QED) is 0.842. The molecule has 0 saturated carbocycles. The van der Waals surface area contributed by atoms with Crippen LogP contribution in [0, 0.1) is 5.82 Å². The highest BCUT2D eigenvalue weighted by molar-refractivity contribution is 6.30. The van der Waals surface area contributed by atoms with Crippen molar-refractivity contribution in [2.24, 2.45) is 0 Å². The molecule has 96 valence electrons. The van der Waals surface area contributed by atoms with Crippen LogP contribution < -0.4 is 10.1 Å². The molecule has 0 saturated heterocycles. The SMILES string of the molecule is CCC(C)NCC(C)Oc1ccc(Cl)c(F)c1. The lowest BCUT2D eigenvalue weighted by Crippen LogP contribution is -2.34. The van der Waals surface area contributed by atoms with Gasteiger partial charge in [-0.05, 0) is 32.4 Å². The highest BCUT2D eigenvalue weighted by Crippen LogP contribution is 2.21. The maximum absolute atomic E-state index is 13.2. The molecule has 2 unspecified atom stereocenters. The predicted octanol–water partition coefficient (Wildman–Crippen LogP) is 3.63. The van der Waals surface area contributed by atoms with E-state index in [1.54, 1.807) is 6.07 Å². The van der Waals surface area contributed by atoms with Crippen LogP contribution in [0.15, 0.2) is 18.2 Å².